The van der Waals surface area contributed by atoms with Crippen molar-refractivity contribution in [1.82, 2.24) is 0 Å². The predicted molar refractivity (Wildman–Crippen MR) is 30.1 cm³/mol. The van der Waals surface area contributed by atoms with E-state index in [1.54, 1.807) is 0 Å². The summed E-state index contributed by atoms with van der Waals surface area (Å²) >= 11 is 0. The van der Waals surface area contributed by atoms with Crippen molar-refractivity contribution in [2.75, 3.05) is 6.61 Å². The van der Waals surface area contributed by atoms with Crippen molar-refractivity contribution in [3.05, 3.63) is 6.92 Å². The van der Waals surface area contributed by atoms with Crippen LogP contribution >= 0.6 is 0 Å². The minimum atomic E-state index is -0.715. The Morgan fingerprint density at radius 1 is 1.62 bits per heavy atom. The van der Waals surface area contributed by atoms with Crippen LogP contribution < -0.4 is 0 Å². The van der Waals surface area contributed by atoms with Gasteiger partial charge in [0.1, 0.15) is 0 Å². The molecule has 2 heteroatoms. The van der Waals surface area contributed by atoms with E-state index in [0.29, 0.717) is 18.8 Å². The average molecular weight is 115 g/mol. The molecular formula is C6H11O2. The topological polar surface area (TPSA) is 40.5 Å². The molecule has 0 bridgehead atoms. The van der Waals surface area contributed by atoms with Crippen LogP contribution in [0.2, 0.25) is 0 Å². The van der Waals surface area contributed by atoms with E-state index in [1.165, 1.54) is 0 Å². The van der Waals surface area contributed by atoms with Crippen LogP contribution in [-0.2, 0) is 0 Å². The summed E-state index contributed by atoms with van der Waals surface area (Å²) in [6.07, 6.45) is 1.31. The van der Waals surface area contributed by atoms with Crippen molar-refractivity contribution >= 4 is 0 Å². The van der Waals surface area contributed by atoms with Crippen LogP contribution in [0.25, 0.3) is 0 Å². The van der Waals surface area contributed by atoms with Crippen LogP contribution in [0.3, 0.4) is 0 Å². The minimum absolute atomic E-state index is 0.192. The van der Waals surface area contributed by atoms with Crippen LogP contribution in [0.15, 0.2) is 0 Å². The van der Waals surface area contributed by atoms with E-state index in [1.807, 2.05) is 0 Å². The maximum Gasteiger partial charge on any atom is 0.0655 e. The largest absolute Gasteiger partial charge is 0.396 e. The summed E-state index contributed by atoms with van der Waals surface area (Å²) in [6, 6.07) is 0. The lowest BCUT2D eigenvalue weighted by atomic mass is 9.73. The SMILES string of the molecule is [CH2]C1(O)CC(CO)C1. The number of aliphatic hydroxyl groups is 2. The maximum absolute atomic E-state index is 8.99. The first-order valence-corrected chi connectivity index (χ1v) is 2.83. The molecule has 1 aliphatic carbocycles. The summed E-state index contributed by atoms with van der Waals surface area (Å²) in [5.41, 5.74) is -0.715. The summed E-state index contributed by atoms with van der Waals surface area (Å²) in [5, 5.41) is 17.5. The lowest BCUT2D eigenvalue weighted by molar-refractivity contribution is -0.0511. The average Bonchev–Trinajstić information content (AvgIpc) is 1.60. The molecule has 1 fully saturated rings. The van der Waals surface area contributed by atoms with Gasteiger partial charge in [-0.15, -0.1) is 0 Å². The van der Waals surface area contributed by atoms with Crippen LogP contribution in [0, 0.1) is 12.8 Å². The Bertz CT molecular complexity index is 80.5. The van der Waals surface area contributed by atoms with E-state index in [-0.39, 0.29) is 6.61 Å². The molecule has 1 radical (unpaired) electrons. The van der Waals surface area contributed by atoms with E-state index < -0.39 is 5.60 Å². The second kappa shape index (κ2) is 1.71. The molecule has 0 aromatic carbocycles. The predicted octanol–water partition coefficient (Wildman–Crippen LogP) is -0.0461. The molecule has 0 aromatic heterocycles. The van der Waals surface area contributed by atoms with Gasteiger partial charge in [0.15, 0.2) is 0 Å². The Morgan fingerprint density at radius 2 is 2.12 bits per heavy atom. The van der Waals surface area contributed by atoms with E-state index in [9.17, 15) is 0 Å². The number of hydrogen-bond donors (Lipinski definition) is 2. The number of aliphatic hydroxyl groups excluding tert-OH is 1. The van der Waals surface area contributed by atoms with Gasteiger partial charge < -0.3 is 10.2 Å². The fourth-order valence-corrected chi connectivity index (χ4v) is 1.14. The Labute approximate surface area is 49.1 Å². The molecule has 0 unspecified atom stereocenters. The molecule has 47 valence electrons. The van der Waals surface area contributed by atoms with E-state index >= 15 is 0 Å². The molecule has 1 aliphatic rings. The van der Waals surface area contributed by atoms with Gasteiger partial charge in [0.25, 0.3) is 0 Å². The first kappa shape index (κ1) is 6.05. The highest BCUT2D eigenvalue weighted by atomic mass is 16.3. The molecule has 0 atom stereocenters. The molecule has 1 rings (SSSR count). The first-order valence-electron chi connectivity index (χ1n) is 2.83. The quantitative estimate of drug-likeness (QED) is 0.503. The molecule has 2 N–H and O–H groups in total. The minimum Gasteiger partial charge on any atom is -0.396 e. The summed E-state index contributed by atoms with van der Waals surface area (Å²) in [5.74, 6) is 0.303. The molecule has 0 aromatic rings. The van der Waals surface area contributed by atoms with E-state index in [0.717, 1.165) is 0 Å². The lowest BCUT2D eigenvalue weighted by Gasteiger charge is -2.39. The molecule has 0 heterocycles. The smallest absolute Gasteiger partial charge is 0.0655 e. The third kappa shape index (κ3) is 1.01. The van der Waals surface area contributed by atoms with Gasteiger partial charge in [-0.2, -0.15) is 0 Å². The van der Waals surface area contributed by atoms with Gasteiger partial charge in [0.2, 0.25) is 0 Å². The van der Waals surface area contributed by atoms with Crippen molar-refractivity contribution in [3.8, 4) is 0 Å². The van der Waals surface area contributed by atoms with E-state index in [4.69, 9.17) is 10.2 Å². The fourth-order valence-electron chi connectivity index (χ4n) is 1.14. The van der Waals surface area contributed by atoms with E-state index in [2.05, 4.69) is 6.92 Å². The third-order valence-corrected chi connectivity index (χ3v) is 1.60. The van der Waals surface area contributed by atoms with Gasteiger partial charge in [0.05, 0.1) is 5.60 Å². The van der Waals surface area contributed by atoms with Gasteiger partial charge in [-0.25, -0.2) is 0 Å². The summed E-state index contributed by atoms with van der Waals surface area (Å²) in [7, 11) is 0. The molecule has 0 spiro atoms. The lowest BCUT2D eigenvalue weighted by Crippen LogP contribution is -2.42. The van der Waals surface area contributed by atoms with Crippen molar-refractivity contribution in [2.24, 2.45) is 5.92 Å². The van der Waals surface area contributed by atoms with Gasteiger partial charge in [-0.1, -0.05) is 0 Å². The Hall–Kier alpha value is -0.0800. The highest BCUT2D eigenvalue weighted by Crippen LogP contribution is 2.36. The zero-order chi connectivity index (χ0) is 6.20. The number of rotatable bonds is 1. The Morgan fingerprint density at radius 3 is 2.25 bits per heavy atom. The van der Waals surface area contributed by atoms with Gasteiger partial charge in [-0.3, -0.25) is 0 Å². The maximum atomic E-state index is 8.99. The Kier molecular flexibility index (Phi) is 1.29. The fraction of sp³-hybridized carbons (Fsp3) is 0.833. The van der Waals surface area contributed by atoms with Crippen LogP contribution in [-0.4, -0.2) is 22.4 Å². The third-order valence-electron chi connectivity index (χ3n) is 1.60. The molecule has 2 nitrogen and oxygen atoms in total. The molecular weight excluding hydrogens is 104 g/mol. The molecule has 0 aliphatic heterocycles. The van der Waals surface area contributed by atoms with Crippen molar-refractivity contribution in [2.45, 2.75) is 18.4 Å². The van der Waals surface area contributed by atoms with Crippen molar-refractivity contribution < 1.29 is 10.2 Å². The Balaban J connectivity index is 2.21. The van der Waals surface area contributed by atoms with Crippen LogP contribution in [0.4, 0.5) is 0 Å². The molecule has 1 saturated carbocycles. The summed E-state index contributed by atoms with van der Waals surface area (Å²) in [4.78, 5) is 0. The summed E-state index contributed by atoms with van der Waals surface area (Å²) in [6.45, 7) is 3.71. The zero-order valence-corrected chi connectivity index (χ0v) is 4.80. The highest BCUT2D eigenvalue weighted by molar-refractivity contribution is 4.95. The van der Waals surface area contributed by atoms with Gasteiger partial charge in [0, 0.05) is 6.61 Å². The number of hydrogen-bond acceptors (Lipinski definition) is 2. The second-order valence-electron chi connectivity index (χ2n) is 2.68. The zero-order valence-electron chi connectivity index (χ0n) is 4.80. The van der Waals surface area contributed by atoms with Crippen molar-refractivity contribution in [3.63, 3.8) is 0 Å². The molecule has 0 saturated heterocycles. The second-order valence-corrected chi connectivity index (χ2v) is 2.68. The van der Waals surface area contributed by atoms with Crippen LogP contribution in [0.1, 0.15) is 12.8 Å². The van der Waals surface area contributed by atoms with Crippen molar-refractivity contribution in [1.29, 1.82) is 0 Å². The standard InChI is InChI=1S/C6H11O2/c1-6(8)2-5(3-6)4-7/h5,7-8H,1-4H2. The molecule has 8 heavy (non-hydrogen) atoms. The normalized spacial score (nSPS) is 46.1. The monoisotopic (exact) mass is 115 g/mol. The summed E-state index contributed by atoms with van der Waals surface area (Å²) < 4.78 is 0. The highest BCUT2D eigenvalue weighted by Gasteiger charge is 2.37. The van der Waals surface area contributed by atoms with Gasteiger partial charge >= 0.3 is 0 Å². The van der Waals surface area contributed by atoms with Gasteiger partial charge in [-0.05, 0) is 25.7 Å². The molecule has 0 amide bonds. The van der Waals surface area contributed by atoms with Crippen LogP contribution in [0.5, 0.6) is 0 Å². The first-order chi connectivity index (χ1) is 3.64.